The third-order valence-corrected chi connectivity index (χ3v) is 2.35. The zero-order valence-electron chi connectivity index (χ0n) is 8.23. The summed E-state index contributed by atoms with van der Waals surface area (Å²) in [6.45, 7) is 0. The van der Waals surface area contributed by atoms with Crippen LogP contribution in [0.15, 0.2) is 36.4 Å². The van der Waals surface area contributed by atoms with E-state index < -0.39 is 0 Å². The van der Waals surface area contributed by atoms with Crippen molar-refractivity contribution in [1.29, 1.82) is 0 Å². The fourth-order valence-corrected chi connectivity index (χ4v) is 1.67. The van der Waals surface area contributed by atoms with E-state index >= 15 is 0 Å². The SMILES string of the molecule is CNc1c([N+](=O)[O-])ccc2ccccc12. The third-order valence-electron chi connectivity index (χ3n) is 2.35. The molecule has 4 heteroatoms. The van der Waals surface area contributed by atoms with E-state index in [1.807, 2.05) is 24.3 Å². The maximum atomic E-state index is 10.8. The van der Waals surface area contributed by atoms with Crippen LogP contribution in [-0.2, 0) is 0 Å². The maximum Gasteiger partial charge on any atom is 0.292 e. The molecule has 2 aromatic carbocycles. The summed E-state index contributed by atoms with van der Waals surface area (Å²) < 4.78 is 0. The van der Waals surface area contributed by atoms with E-state index in [0.717, 1.165) is 10.8 Å². The van der Waals surface area contributed by atoms with Gasteiger partial charge in [0.2, 0.25) is 0 Å². The molecule has 0 atom stereocenters. The Balaban J connectivity index is 2.81. The standard InChI is InChI=1S/C11H10N2O2/c1-12-11-9-5-3-2-4-8(9)6-7-10(11)13(14)15/h2-7,12H,1H3. The highest BCUT2D eigenvalue weighted by atomic mass is 16.6. The first-order valence-electron chi connectivity index (χ1n) is 4.58. The summed E-state index contributed by atoms with van der Waals surface area (Å²) in [7, 11) is 1.69. The van der Waals surface area contributed by atoms with Gasteiger partial charge in [0.05, 0.1) is 4.92 Å². The van der Waals surface area contributed by atoms with Gasteiger partial charge in [0.15, 0.2) is 0 Å². The lowest BCUT2D eigenvalue weighted by Crippen LogP contribution is -1.97. The quantitative estimate of drug-likeness (QED) is 0.601. The van der Waals surface area contributed by atoms with Crippen molar-refractivity contribution in [3.63, 3.8) is 0 Å². The normalized spacial score (nSPS) is 10.2. The first-order chi connectivity index (χ1) is 7.24. The molecule has 0 aromatic heterocycles. The summed E-state index contributed by atoms with van der Waals surface area (Å²) in [6.07, 6.45) is 0. The van der Waals surface area contributed by atoms with Crippen molar-refractivity contribution < 1.29 is 4.92 Å². The second-order valence-electron chi connectivity index (χ2n) is 3.19. The highest BCUT2D eigenvalue weighted by molar-refractivity contribution is 5.98. The fraction of sp³-hybridized carbons (Fsp3) is 0.0909. The number of benzene rings is 2. The number of rotatable bonds is 2. The van der Waals surface area contributed by atoms with Crippen LogP contribution in [0.25, 0.3) is 10.8 Å². The van der Waals surface area contributed by atoms with Gasteiger partial charge in [-0.15, -0.1) is 0 Å². The predicted octanol–water partition coefficient (Wildman–Crippen LogP) is 2.79. The van der Waals surface area contributed by atoms with Gasteiger partial charge in [0, 0.05) is 18.5 Å². The summed E-state index contributed by atoms with van der Waals surface area (Å²) in [5.74, 6) is 0. The Kier molecular flexibility index (Phi) is 2.25. The number of hydrogen-bond acceptors (Lipinski definition) is 3. The van der Waals surface area contributed by atoms with Gasteiger partial charge in [-0.1, -0.05) is 24.3 Å². The van der Waals surface area contributed by atoms with E-state index in [2.05, 4.69) is 5.32 Å². The van der Waals surface area contributed by atoms with Crippen molar-refractivity contribution in [2.45, 2.75) is 0 Å². The Morgan fingerprint density at radius 2 is 1.93 bits per heavy atom. The third kappa shape index (κ3) is 1.50. The topological polar surface area (TPSA) is 55.2 Å². The largest absolute Gasteiger partial charge is 0.382 e. The Bertz CT molecular complexity index is 523. The second kappa shape index (κ2) is 3.57. The molecule has 1 N–H and O–H groups in total. The van der Waals surface area contributed by atoms with Crippen LogP contribution in [0.1, 0.15) is 0 Å². The lowest BCUT2D eigenvalue weighted by molar-refractivity contribution is -0.383. The molecule has 2 rings (SSSR count). The summed E-state index contributed by atoms with van der Waals surface area (Å²) in [5, 5.41) is 15.5. The van der Waals surface area contributed by atoms with Crippen molar-refractivity contribution in [2.75, 3.05) is 12.4 Å². The number of anilines is 1. The second-order valence-corrected chi connectivity index (χ2v) is 3.19. The number of fused-ring (bicyclic) bond motifs is 1. The van der Waals surface area contributed by atoms with Crippen LogP contribution >= 0.6 is 0 Å². The van der Waals surface area contributed by atoms with E-state index in [1.54, 1.807) is 13.1 Å². The first kappa shape index (κ1) is 9.45. The zero-order chi connectivity index (χ0) is 10.8. The van der Waals surface area contributed by atoms with Crippen LogP contribution in [0.2, 0.25) is 0 Å². The van der Waals surface area contributed by atoms with Gasteiger partial charge in [0.25, 0.3) is 5.69 Å². The van der Waals surface area contributed by atoms with Gasteiger partial charge in [-0.2, -0.15) is 0 Å². The summed E-state index contributed by atoms with van der Waals surface area (Å²) in [6, 6.07) is 10.9. The molecule has 2 aromatic rings. The van der Waals surface area contributed by atoms with Crippen molar-refractivity contribution in [3.05, 3.63) is 46.5 Å². The first-order valence-corrected chi connectivity index (χ1v) is 4.58. The van der Waals surface area contributed by atoms with Crippen LogP contribution in [0.4, 0.5) is 11.4 Å². The number of nitrogens with zero attached hydrogens (tertiary/aromatic N) is 1. The monoisotopic (exact) mass is 202 g/mol. The molecule has 0 radical (unpaired) electrons. The lowest BCUT2D eigenvalue weighted by Gasteiger charge is -2.06. The van der Waals surface area contributed by atoms with Gasteiger partial charge >= 0.3 is 0 Å². The minimum absolute atomic E-state index is 0.108. The molecule has 0 aliphatic rings. The lowest BCUT2D eigenvalue weighted by atomic mass is 10.1. The van der Waals surface area contributed by atoms with Gasteiger partial charge in [-0.05, 0) is 11.5 Å². The van der Waals surface area contributed by atoms with E-state index in [-0.39, 0.29) is 10.6 Å². The highest BCUT2D eigenvalue weighted by Crippen LogP contribution is 2.32. The number of nitro benzene ring substituents is 1. The van der Waals surface area contributed by atoms with Gasteiger partial charge in [0.1, 0.15) is 5.69 Å². The minimum atomic E-state index is -0.377. The Hall–Kier alpha value is -2.10. The number of hydrogen-bond donors (Lipinski definition) is 1. The minimum Gasteiger partial charge on any atom is -0.382 e. The number of nitrogens with one attached hydrogen (secondary N) is 1. The molecule has 0 saturated carbocycles. The fourth-order valence-electron chi connectivity index (χ4n) is 1.67. The molecule has 0 heterocycles. The van der Waals surface area contributed by atoms with Gasteiger partial charge < -0.3 is 5.32 Å². The molecular weight excluding hydrogens is 192 g/mol. The van der Waals surface area contributed by atoms with Crippen LogP contribution in [-0.4, -0.2) is 12.0 Å². The molecule has 0 aliphatic heterocycles. The van der Waals surface area contributed by atoms with Crippen molar-refractivity contribution in [3.8, 4) is 0 Å². The van der Waals surface area contributed by atoms with Crippen molar-refractivity contribution >= 4 is 22.1 Å². The molecule has 15 heavy (non-hydrogen) atoms. The van der Waals surface area contributed by atoms with Crippen LogP contribution in [0.3, 0.4) is 0 Å². The molecule has 0 saturated heterocycles. The van der Waals surface area contributed by atoms with Crippen molar-refractivity contribution in [2.24, 2.45) is 0 Å². The molecule has 0 fully saturated rings. The summed E-state index contributed by atoms with van der Waals surface area (Å²) >= 11 is 0. The van der Waals surface area contributed by atoms with E-state index in [0.29, 0.717) is 5.69 Å². The van der Waals surface area contributed by atoms with E-state index in [4.69, 9.17) is 0 Å². The van der Waals surface area contributed by atoms with Crippen LogP contribution in [0, 0.1) is 10.1 Å². The Labute approximate surface area is 86.7 Å². The van der Waals surface area contributed by atoms with E-state index in [1.165, 1.54) is 6.07 Å². The average Bonchev–Trinajstić information content (AvgIpc) is 2.27. The average molecular weight is 202 g/mol. The van der Waals surface area contributed by atoms with Crippen LogP contribution in [0.5, 0.6) is 0 Å². The summed E-state index contributed by atoms with van der Waals surface area (Å²) in [4.78, 5) is 10.4. The molecule has 0 bridgehead atoms. The summed E-state index contributed by atoms with van der Waals surface area (Å²) in [5.41, 5.74) is 0.675. The van der Waals surface area contributed by atoms with Gasteiger partial charge in [-0.25, -0.2) is 0 Å². The zero-order valence-corrected chi connectivity index (χ0v) is 8.23. The molecule has 0 amide bonds. The predicted molar refractivity (Wildman–Crippen MR) is 60.1 cm³/mol. The molecule has 0 unspecified atom stereocenters. The molecule has 0 spiro atoms. The Morgan fingerprint density at radius 1 is 1.20 bits per heavy atom. The molecule has 4 nitrogen and oxygen atoms in total. The molecule has 0 aliphatic carbocycles. The van der Waals surface area contributed by atoms with Crippen LogP contribution < -0.4 is 5.32 Å². The smallest absolute Gasteiger partial charge is 0.292 e. The maximum absolute atomic E-state index is 10.8. The number of nitro groups is 1. The van der Waals surface area contributed by atoms with E-state index in [9.17, 15) is 10.1 Å². The molecule has 76 valence electrons. The Morgan fingerprint density at radius 3 is 2.60 bits per heavy atom. The van der Waals surface area contributed by atoms with Gasteiger partial charge in [-0.3, -0.25) is 10.1 Å². The van der Waals surface area contributed by atoms with Crippen molar-refractivity contribution in [1.82, 2.24) is 0 Å². The molecular formula is C11H10N2O2. The highest BCUT2D eigenvalue weighted by Gasteiger charge is 2.14.